The Kier molecular flexibility index (Phi) is 6.67. The molecule has 2 N–H and O–H groups in total. The van der Waals surface area contributed by atoms with E-state index in [-0.39, 0.29) is 17.6 Å². The number of esters is 1. The molecule has 2 heterocycles. The zero-order valence-electron chi connectivity index (χ0n) is 19.8. The van der Waals surface area contributed by atoms with Crippen molar-refractivity contribution in [3.05, 3.63) is 23.5 Å². The number of nitrogens with one attached hydrogen (secondary N) is 2. The van der Waals surface area contributed by atoms with Gasteiger partial charge >= 0.3 is 12.1 Å². The summed E-state index contributed by atoms with van der Waals surface area (Å²) >= 11 is 0. The molecule has 2 atom stereocenters. The number of carbonyl (C=O) groups excluding carboxylic acids is 3. The number of methoxy groups -OCH3 is 1. The number of aromatic nitrogens is 1. The van der Waals surface area contributed by atoms with E-state index in [1.165, 1.54) is 13.3 Å². The number of anilines is 1. The van der Waals surface area contributed by atoms with Crippen molar-refractivity contribution in [2.24, 2.45) is 5.92 Å². The predicted molar refractivity (Wildman–Crippen MR) is 120 cm³/mol. The Labute approximate surface area is 189 Å². The summed E-state index contributed by atoms with van der Waals surface area (Å²) in [5, 5.41) is 6.01. The van der Waals surface area contributed by atoms with E-state index in [0.717, 1.165) is 12.8 Å². The molecule has 176 valence electrons. The second kappa shape index (κ2) is 8.96. The van der Waals surface area contributed by atoms with Crippen LogP contribution in [0.5, 0.6) is 0 Å². The molecule has 2 amide bonds. The van der Waals surface area contributed by atoms with Gasteiger partial charge in [-0.25, -0.2) is 14.6 Å². The van der Waals surface area contributed by atoms with Crippen LogP contribution in [0.2, 0.25) is 0 Å². The molecule has 1 aromatic rings. The van der Waals surface area contributed by atoms with E-state index < -0.39 is 23.2 Å². The molecule has 32 heavy (non-hydrogen) atoms. The quantitative estimate of drug-likeness (QED) is 0.647. The largest absolute Gasteiger partial charge is 0.464 e. The minimum absolute atomic E-state index is 0.0771. The number of pyridine rings is 1. The number of ether oxygens (including phenoxy) is 2. The first kappa shape index (κ1) is 23.8. The van der Waals surface area contributed by atoms with Gasteiger partial charge in [0, 0.05) is 25.3 Å². The summed E-state index contributed by atoms with van der Waals surface area (Å²) in [4.78, 5) is 43.5. The smallest absolute Gasteiger partial charge is 0.408 e. The normalized spacial score (nSPS) is 21.6. The lowest BCUT2D eigenvalue weighted by molar-refractivity contribution is 0.0472. The van der Waals surface area contributed by atoms with Gasteiger partial charge in [-0.05, 0) is 65.9 Å². The van der Waals surface area contributed by atoms with Gasteiger partial charge in [0.05, 0.1) is 23.9 Å². The van der Waals surface area contributed by atoms with Crippen molar-refractivity contribution >= 4 is 23.7 Å². The average molecular weight is 447 g/mol. The molecule has 1 saturated heterocycles. The third-order valence-electron chi connectivity index (χ3n) is 5.83. The Morgan fingerprint density at radius 1 is 1.28 bits per heavy atom. The van der Waals surface area contributed by atoms with Crippen molar-refractivity contribution in [3.63, 3.8) is 0 Å². The van der Waals surface area contributed by atoms with Crippen LogP contribution in [0.25, 0.3) is 0 Å². The second-order valence-electron chi connectivity index (χ2n) is 10.0. The van der Waals surface area contributed by atoms with Crippen LogP contribution in [0.4, 0.5) is 10.5 Å². The molecule has 9 nitrogen and oxygen atoms in total. The zero-order valence-corrected chi connectivity index (χ0v) is 19.8. The maximum atomic E-state index is 13.0. The third kappa shape index (κ3) is 5.89. The molecule has 1 aliphatic heterocycles. The van der Waals surface area contributed by atoms with Crippen LogP contribution in [0.15, 0.2) is 12.3 Å². The molecule has 1 aliphatic carbocycles. The Hall–Kier alpha value is -2.84. The minimum Gasteiger partial charge on any atom is -0.464 e. The molecular formula is C23H34N4O5. The molecule has 0 spiro atoms. The van der Waals surface area contributed by atoms with Crippen molar-refractivity contribution in [2.45, 2.75) is 71.1 Å². The monoisotopic (exact) mass is 446 g/mol. The lowest BCUT2D eigenvalue weighted by Crippen LogP contribution is -2.49. The molecule has 1 saturated carbocycles. The SMILES string of the molecule is COC(=O)c1cc(N2CC[C@](C)(NC(=O)OC(C)(C)C)C2)c(C(=O)NC(C)C2CC2)cn1. The lowest BCUT2D eigenvalue weighted by atomic mass is 10.0. The highest BCUT2D eigenvalue weighted by Crippen LogP contribution is 2.33. The highest BCUT2D eigenvalue weighted by atomic mass is 16.6. The number of rotatable bonds is 6. The van der Waals surface area contributed by atoms with Crippen molar-refractivity contribution in [3.8, 4) is 0 Å². The summed E-state index contributed by atoms with van der Waals surface area (Å²) in [6.07, 6.45) is 3.83. The number of nitrogens with zero attached hydrogens (tertiary/aromatic N) is 2. The highest BCUT2D eigenvalue weighted by Gasteiger charge is 2.38. The molecule has 2 aliphatic rings. The van der Waals surface area contributed by atoms with Gasteiger partial charge < -0.3 is 25.0 Å². The third-order valence-corrected chi connectivity index (χ3v) is 5.83. The van der Waals surface area contributed by atoms with E-state index in [9.17, 15) is 14.4 Å². The number of hydrogen-bond acceptors (Lipinski definition) is 7. The number of carbonyl (C=O) groups is 3. The first-order chi connectivity index (χ1) is 14.9. The fourth-order valence-corrected chi connectivity index (χ4v) is 3.91. The van der Waals surface area contributed by atoms with E-state index in [1.54, 1.807) is 6.07 Å². The van der Waals surface area contributed by atoms with Gasteiger partial charge in [-0.2, -0.15) is 0 Å². The molecule has 3 rings (SSSR count). The summed E-state index contributed by atoms with van der Waals surface area (Å²) < 4.78 is 10.2. The summed E-state index contributed by atoms with van der Waals surface area (Å²) in [7, 11) is 1.29. The summed E-state index contributed by atoms with van der Waals surface area (Å²) in [6.45, 7) is 10.4. The van der Waals surface area contributed by atoms with Crippen molar-refractivity contribution in [1.82, 2.24) is 15.6 Å². The van der Waals surface area contributed by atoms with Gasteiger partial charge in [0.25, 0.3) is 5.91 Å². The highest BCUT2D eigenvalue weighted by molar-refractivity contribution is 6.01. The number of alkyl carbamates (subject to hydrolysis) is 1. The topological polar surface area (TPSA) is 110 Å². The maximum absolute atomic E-state index is 13.0. The number of hydrogen-bond donors (Lipinski definition) is 2. The lowest BCUT2D eigenvalue weighted by Gasteiger charge is -2.29. The van der Waals surface area contributed by atoms with E-state index in [4.69, 9.17) is 9.47 Å². The molecular weight excluding hydrogens is 412 g/mol. The van der Waals surface area contributed by atoms with Gasteiger partial charge in [0.2, 0.25) is 0 Å². The molecule has 0 aromatic carbocycles. The van der Waals surface area contributed by atoms with Gasteiger partial charge in [-0.3, -0.25) is 4.79 Å². The summed E-state index contributed by atoms with van der Waals surface area (Å²) in [5.74, 6) is -0.284. The Morgan fingerprint density at radius 3 is 2.56 bits per heavy atom. The van der Waals surface area contributed by atoms with Gasteiger partial charge in [0.15, 0.2) is 0 Å². The molecule has 1 aromatic heterocycles. The molecule has 0 radical (unpaired) electrons. The standard InChI is InChI=1S/C23H34N4O5/c1-14(15-7-8-15)25-19(28)16-12-24-17(20(29)31-6)11-18(16)27-10-9-23(5,13-27)26-21(30)32-22(2,3)4/h11-12,14-15H,7-10,13H2,1-6H3,(H,25,28)(H,26,30)/t14?,23-/m0/s1. The van der Waals surface area contributed by atoms with Crippen LogP contribution >= 0.6 is 0 Å². The average Bonchev–Trinajstić information content (AvgIpc) is 3.48. The fraction of sp³-hybridized carbons (Fsp3) is 0.652. The number of amides is 2. The van der Waals surface area contributed by atoms with Crippen molar-refractivity contribution in [2.75, 3.05) is 25.1 Å². The second-order valence-corrected chi connectivity index (χ2v) is 10.0. The molecule has 9 heteroatoms. The van der Waals surface area contributed by atoms with Crippen LogP contribution in [0.3, 0.4) is 0 Å². The first-order valence-electron chi connectivity index (χ1n) is 11.1. The van der Waals surface area contributed by atoms with Gasteiger partial charge in [0.1, 0.15) is 11.3 Å². The fourth-order valence-electron chi connectivity index (χ4n) is 3.91. The Morgan fingerprint density at radius 2 is 1.97 bits per heavy atom. The van der Waals surface area contributed by atoms with Crippen LogP contribution in [0.1, 0.15) is 74.7 Å². The Balaban J connectivity index is 1.82. The van der Waals surface area contributed by atoms with Crippen LogP contribution in [-0.4, -0.2) is 60.3 Å². The van der Waals surface area contributed by atoms with E-state index >= 15 is 0 Å². The zero-order chi connectivity index (χ0) is 23.7. The van der Waals surface area contributed by atoms with E-state index in [1.807, 2.05) is 39.5 Å². The van der Waals surface area contributed by atoms with E-state index in [2.05, 4.69) is 15.6 Å². The van der Waals surface area contributed by atoms with Gasteiger partial charge in [-0.15, -0.1) is 0 Å². The predicted octanol–water partition coefficient (Wildman–Crippen LogP) is 2.89. The Bertz CT molecular complexity index is 893. The van der Waals surface area contributed by atoms with Crippen LogP contribution in [-0.2, 0) is 9.47 Å². The first-order valence-corrected chi connectivity index (χ1v) is 11.1. The van der Waals surface area contributed by atoms with E-state index in [0.29, 0.717) is 36.7 Å². The summed E-state index contributed by atoms with van der Waals surface area (Å²) in [6, 6.07) is 1.66. The molecule has 0 bridgehead atoms. The molecule has 1 unspecified atom stereocenters. The van der Waals surface area contributed by atoms with Crippen LogP contribution in [0, 0.1) is 5.92 Å². The summed E-state index contributed by atoms with van der Waals surface area (Å²) in [5.41, 5.74) is -0.0280. The van der Waals surface area contributed by atoms with Crippen molar-refractivity contribution in [1.29, 1.82) is 0 Å². The maximum Gasteiger partial charge on any atom is 0.408 e. The minimum atomic E-state index is -0.594. The van der Waals surface area contributed by atoms with Gasteiger partial charge in [-0.1, -0.05) is 0 Å². The molecule has 2 fully saturated rings. The van der Waals surface area contributed by atoms with Crippen molar-refractivity contribution < 1.29 is 23.9 Å². The van der Waals surface area contributed by atoms with Crippen LogP contribution < -0.4 is 15.5 Å².